The first-order valence-electron chi connectivity index (χ1n) is 9.37. The number of fused-ring (bicyclic) bond motifs is 1. The largest absolute Gasteiger partial charge is 0.355 e. The van der Waals surface area contributed by atoms with Crippen LogP contribution in [-0.2, 0) is 0 Å². The summed E-state index contributed by atoms with van der Waals surface area (Å²) in [7, 11) is 0. The molecule has 2 heterocycles. The molecular weight excluding hydrogens is 434 g/mol. The van der Waals surface area contributed by atoms with Crippen molar-refractivity contribution in [1.82, 2.24) is 20.4 Å². The van der Waals surface area contributed by atoms with E-state index >= 15 is 0 Å². The quantitative estimate of drug-likeness (QED) is 0.291. The number of nitrogens with one attached hydrogen (secondary N) is 3. The van der Waals surface area contributed by atoms with Crippen LogP contribution < -0.4 is 16.2 Å². The minimum atomic E-state index is -0.632. The van der Waals surface area contributed by atoms with Crippen molar-refractivity contribution < 1.29 is 9.72 Å². The molecule has 0 bridgehead atoms. The number of aryl methyl sites for hydroxylation is 1. The third kappa shape index (κ3) is 4.40. The molecule has 0 saturated carbocycles. The van der Waals surface area contributed by atoms with E-state index in [9.17, 15) is 14.9 Å². The van der Waals surface area contributed by atoms with E-state index in [1.54, 1.807) is 24.3 Å². The number of rotatable bonds is 6. The Morgan fingerprint density at radius 2 is 1.78 bits per heavy atom. The molecule has 2 aromatic carbocycles. The van der Waals surface area contributed by atoms with Crippen LogP contribution in [0.2, 0.25) is 5.02 Å². The van der Waals surface area contributed by atoms with Crippen molar-refractivity contribution in [2.24, 2.45) is 0 Å². The average molecular weight is 450 g/mol. The van der Waals surface area contributed by atoms with E-state index in [0.717, 1.165) is 22.9 Å². The van der Waals surface area contributed by atoms with Crippen LogP contribution in [0.3, 0.4) is 0 Å². The van der Waals surface area contributed by atoms with Crippen molar-refractivity contribution in [2.45, 2.75) is 6.92 Å². The number of nitro groups is 1. The molecule has 0 aliphatic carbocycles. The molecule has 2 aromatic heterocycles. The summed E-state index contributed by atoms with van der Waals surface area (Å²) in [6, 6.07) is 15.3. The highest BCUT2D eigenvalue weighted by Gasteiger charge is 2.24. The highest BCUT2D eigenvalue weighted by molar-refractivity contribution is 6.30. The predicted molar refractivity (Wildman–Crippen MR) is 121 cm³/mol. The van der Waals surface area contributed by atoms with Crippen LogP contribution in [-0.4, -0.2) is 25.8 Å². The van der Waals surface area contributed by atoms with E-state index in [0.29, 0.717) is 16.3 Å². The van der Waals surface area contributed by atoms with E-state index in [-0.39, 0.29) is 11.6 Å². The highest BCUT2D eigenvalue weighted by Crippen LogP contribution is 2.33. The van der Waals surface area contributed by atoms with Crippen molar-refractivity contribution in [3.8, 4) is 0 Å². The topological polar surface area (TPSA) is 135 Å². The molecule has 0 aliphatic heterocycles. The van der Waals surface area contributed by atoms with Crippen molar-refractivity contribution >= 4 is 51.4 Å². The van der Waals surface area contributed by atoms with Gasteiger partial charge in [-0.2, -0.15) is 0 Å². The van der Waals surface area contributed by atoms with Gasteiger partial charge in [0.15, 0.2) is 0 Å². The number of anilines is 3. The summed E-state index contributed by atoms with van der Waals surface area (Å²) in [5.74, 6) is -0.732. The lowest BCUT2D eigenvalue weighted by molar-refractivity contribution is -0.383. The summed E-state index contributed by atoms with van der Waals surface area (Å²) in [6.07, 6.45) is 1.15. The maximum absolute atomic E-state index is 12.3. The third-order valence-corrected chi connectivity index (χ3v) is 4.78. The van der Waals surface area contributed by atoms with Gasteiger partial charge in [-0.25, -0.2) is 9.97 Å². The number of amides is 1. The fourth-order valence-electron chi connectivity index (χ4n) is 3.02. The van der Waals surface area contributed by atoms with Gasteiger partial charge in [0.05, 0.1) is 10.4 Å². The van der Waals surface area contributed by atoms with Gasteiger partial charge in [0.1, 0.15) is 6.33 Å². The summed E-state index contributed by atoms with van der Waals surface area (Å²) in [4.78, 5) is 35.9. The van der Waals surface area contributed by atoms with Crippen LogP contribution in [0.1, 0.15) is 16.1 Å². The Morgan fingerprint density at radius 3 is 2.53 bits per heavy atom. The molecule has 0 radical (unpaired) electrons. The van der Waals surface area contributed by atoms with Gasteiger partial charge in [-0.1, -0.05) is 17.7 Å². The smallest absolute Gasteiger partial charge is 0.334 e. The van der Waals surface area contributed by atoms with Gasteiger partial charge in [-0.05, 0) is 55.5 Å². The van der Waals surface area contributed by atoms with Gasteiger partial charge in [0.2, 0.25) is 11.6 Å². The lowest BCUT2D eigenvalue weighted by Gasteiger charge is -2.12. The molecule has 4 rings (SSSR count). The monoisotopic (exact) mass is 449 g/mol. The Bertz CT molecular complexity index is 1330. The fourth-order valence-corrected chi connectivity index (χ4v) is 3.14. The van der Waals surface area contributed by atoms with E-state index in [4.69, 9.17) is 11.6 Å². The number of nitrogens with zero attached hydrogens (tertiary/aromatic N) is 4. The predicted octanol–water partition coefficient (Wildman–Crippen LogP) is 4.40. The molecule has 0 unspecified atom stereocenters. The average Bonchev–Trinajstić information content (AvgIpc) is 2.77. The molecule has 1 amide bonds. The van der Waals surface area contributed by atoms with Gasteiger partial charge >= 0.3 is 5.69 Å². The van der Waals surface area contributed by atoms with Crippen molar-refractivity contribution in [3.05, 3.63) is 87.3 Å². The van der Waals surface area contributed by atoms with E-state index < -0.39 is 16.5 Å². The van der Waals surface area contributed by atoms with Crippen molar-refractivity contribution in [3.63, 3.8) is 0 Å². The van der Waals surface area contributed by atoms with E-state index in [1.807, 2.05) is 25.1 Å². The van der Waals surface area contributed by atoms with Gasteiger partial charge in [0.25, 0.3) is 5.91 Å². The summed E-state index contributed by atoms with van der Waals surface area (Å²) < 4.78 is 0. The zero-order chi connectivity index (χ0) is 22.7. The number of carbonyl (C=O) groups excluding carboxylic acids is 1. The molecule has 0 spiro atoms. The molecule has 0 atom stereocenters. The zero-order valence-corrected chi connectivity index (χ0v) is 17.4. The second-order valence-electron chi connectivity index (χ2n) is 6.71. The SMILES string of the molecule is Cc1ccc2c(Nc3ncnc(NNC(=O)c4ccc(Cl)cc4)c3[N+](=O)[O-])cccc2n1. The lowest BCUT2D eigenvalue weighted by atomic mass is 10.1. The molecule has 10 nitrogen and oxygen atoms in total. The minimum Gasteiger partial charge on any atom is -0.334 e. The Kier molecular flexibility index (Phi) is 5.77. The van der Waals surface area contributed by atoms with Crippen LogP contribution in [0, 0.1) is 17.0 Å². The van der Waals surface area contributed by atoms with Crippen LogP contribution in [0.15, 0.2) is 60.9 Å². The first kappa shape index (κ1) is 20.9. The molecule has 32 heavy (non-hydrogen) atoms. The van der Waals surface area contributed by atoms with Crippen LogP contribution in [0.5, 0.6) is 0 Å². The first-order valence-corrected chi connectivity index (χ1v) is 9.75. The van der Waals surface area contributed by atoms with E-state index in [1.165, 1.54) is 12.1 Å². The maximum Gasteiger partial charge on any atom is 0.355 e. The summed E-state index contributed by atoms with van der Waals surface area (Å²) in [6.45, 7) is 1.88. The van der Waals surface area contributed by atoms with Crippen LogP contribution >= 0.6 is 11.6 Å². The Labute approximate surface area is 186 Å². The summed E-state index contributed by atoms with van der Waals surface area (Å²) in [5, 5.41) is 16.0. The number of carbonyl (C=O) groups is 1. The highest BCUT2D eigenvalue weighted by atomic mass is 35.5. The lowest BCUT2D eigenvalue weighted by Crippen LogP contribution is -2.30. The standard InChI is InChI=1S/C21H16ClN7O3/c1-12-5-10-15-16(25-12)3-2-4-17(15)26-19-18(29(31)32)20(24-11-23-19)27-28-21(30)13-6-8-14(22)9-7-13/h2-11H,1H3,(H,28,30)(H2,23,24,26,27). The van der Waals surface area contributed by atoms with Crippen LogP contribution in [0.4, 0.5) is 23.0 Å². The molecule has 3 N–H and O–H groups in total. The second kappa shape index (κ2) is 8.82. The minimum absolute atomic E-state index is 0.0404. The Balaban J connectivity index is 1.62. The molecule has 4 aromatic rings. The fraction of sp³-hybridized carbons (Fsp3) is 0.0476. The molecule has 11 heteroatoms. The molecule has 0 saturated heterocycles. The van der Waals surface area contributed by atoms with Gasteiger partial charge in [-0.15, -0.1) is 0 Å². The van der Waals surface area contributed by atoms with Crippen LogP contribution in [0.25, 0.3) is 10.9 Å². The second-order valence-corrected chi connectivity index (χ2v) is 7.15. The summed E-state index contributed by atoms with van der Waals surface area (Å²) in [5.41, 5.74) is 6.96. The summed E-state index contributed by atoms with van der Waals surface area (Å²) >= 11 is 5.82. The number of hydrogen-bond acceptors (Lipinski definition) is 8. The van der Waals surface area contributed by atoms with Gasteiger partial charge in [0, 0.05) is 27.4 Å². The number of aromatic nitrogens is 3. The number of halogens is 1. The molecule has 0 fully saturated rings. The Morgan fingerprint density at radius 1 is 1.03 bits per heavy atom. The number of hydrogen-bond donors (Lipinski definition) is 3. The van der Waals surface area contributed by atoms with Crippen molar-refractivity contribution in [2.75, 3.05) is 10.7 Å². The van der Waals surface area contributed by atoms with E-state index in [2.05, 4.69) is 31.1 Å². The van der Waals surface area contributed by atoms with Gasteiger partial charge in [-0.3, -0.25) is 30.7 Å². The zero-order valence-electron chi connectivity index (χ0n) is 16.7. The van der Waals surface area contributed by atoms with Gasteiger partial charge < -0.3 is 5.32 Å². The molecule has 160 valence electrons. The number of hydrazine groups is 1. The number of benzene rings is 2. The van der Waals surface area contributed by atoms with Crippen molar-refractivity contribution in [1.29, 1.82) is 0 Å². The molecular formula is C21H16ClN7O3. The molecule has 0 aliphatic rings. The normalized spacial score (nSPS) is 10.6. The Hall–Kier alpha value is -4.31. The maximum atomic E-state index is 12.3. The third-order valence-electron chi connectivity index (χ3n) is 4.53. The first-order chi connectivity index (χ1) is 15.4. The number of pyridine rings is 1.